The van der Waals surface area contributed by atoms with Crippen LogP contribution in [0, 0.1) is 0 Å². The first-order chi connectivity index (χ1) is 13.3. The van der Waals surface area contributed by atoms with Gasteiger partial charge in [-0.15, -0.1) is 11.3 Å². The molecule has 9 heteroatoms. The van der Waals surface area contributed by atoms with Gasteiger partial charge in [0.1, 0.15) is 17.4 Å². The van der Waals surface area contributed by atoms with Gasteiger partial charge in [0.05, 0.1) is 22.2 Å². The molecule has 1 N–H and O–H groups in total. The molecule has 4 heterocycles. The Morgan fingerprint density at radius 1 is 1.33 bits per heavy atom. The van der Waals surface area contributed by atoms with E-state index >= 15 is 0 Å². The second-order valence-electron chi connectivity index (χ2n) is 6.34. The van der Waals surface area contributed by atoms with Crippen LogP contribution in [0.5, 0.6) is 0 Å². The highest BCUT2D eigenvalue weighted by molar-refractivity contribution is 7.18. The van der Waals surface area contributed by atoms with Crippen LogP contribution in [0.2, 0.25) is 0 Å². The summed E-state index contributed by atoms with van der Waals surface area (Å²) in [6, 6.07) is 7.68. The Kier molecular flexibility index (Phi) is 3.75. The molecule has 5 rings (SSSR count). The Bertz CT molecular complexity index is 1090. The van der Waals surface area contributed by atoms with E-state index in [0.717, 1.165) is 33.0 Å². The van der Waals surface area contributed by atoms with E-state index in [4.69, 9.17) is 4.98 Å². The number of aryl methyl sites for hydroxylation is 1. The highest BCUT2D eigenvalue weighted by Crippen LogP contribution is 2.37. The van der Waals surface area contributed by atoms with Gasteiger partial charge in [-0.25, -0.2) is 19.6 Å². The Labute approximate surface area is 158 Å². The Morgan fingerprint density at radius 2 is 2.22 bits per heavy atom. The first kappa shape index (κ1) is 16.1. The number of aromatic amines is 1. The molecule has 0 unspecified atom stereocenters. The van der Waals surface area contributed by atoms with E-state index in [1.165, 1.54) is 6.33 Å². The van der Waals surface area contributed by atoms with Crippen LogP contribution in [-0.4, -0.2) is 47.1 Å². The summed E-state index contributed by atoms with van der Waals surface area (Å²) in [6.45, 7) is 3.11. The minimum absolute atomic E-state index is 0.146. The SMILES string of the molecule is CCn1ncnc1C(=O)N1CCc2[nH]cnc2[C@H]1c1nc2ccccc2s1. The van der Waals surface area contributed by atoms with Gasteiger partial charge in [-0.05, 0) is 19.1 Å². The Balaban J connectivity index is 1.63. The lowest BCUT2D eigenvalue weighted by molar-refractivity contribution is 0.0671. The molecule has 0 radical (unpaired) electrons. The molecule has 4 aromatic rings. The van der Waals surface area contributed by atoms with Gasteiger partial charge in [0.2, 0.25) is 5.82 Å². The van der Waals surface area contributed by atoms with Crippen molar-refractivity contribution in [2.45, 2.75) is 25.9 Å². The fourth-order valence-corrected chi connectivity index (χ4v) is 4.63. The first-order valence-corrected chi connectivity index (χ1v) is 9.64. The summed E-state index contributed by atoms with van der Waals surface area (Å²) in [4.78, 5) is 31.8. The maximum Gasteiger partial charge on any atom is 0.292 e. The lowest BCUT2D eigenvalue weighted by Crippen LogP contribution is -2.41. The number of H-pyrrole nitrogens is 1. The van der Waals surface area contributed by atoms with E-state index < -0.39 is 0 Å². The molecule has 0 saturated carbocycles. The van der Waals surface area contributed by atoms with E-state index in [1.807, 2.05) is 36.1 Å². The zero-order valence-electron chi connectivity index (χ0n) is 14.7. The van der Waals surface area contributed by atoms with Crippen LogP contribution in [-0.2, 0) is 13.0 Å². The molecule has 0 aliphatic carbocycles. The topological polar surface area (TPSA) is 92.6 Å². The fraction of sp³-hybridized carbons (Fsp3) is 0.278. The molecule has 1 aliphatic rings. The second-order valence-corrected chi connectivity index (χ2v) is 7.40. The number of imidazole rings is 1. The van der Waals surface area contributed by atoms with Gasteiger partial charge in [0.25, 0.3) is 5.91 Å². The number of nitrogens with one attached hydrogen (secondary N) is 1. The molecular weight excluding hydrogens is 362 g/mol. The molecule has 1 aromatic carbocycles. The summed E-state index contributed by atoms with van der Waals surface area (Å²) in [5.41, 5.74) is 2.85. The molecule has 8 nitrogen and oxygen atoms in total. The molecule has 0 fully saturated rings. The van der Waals surface area contributed by atoms with E-state index in [0.29, 0.717) is 18.9 Å². The van der Waals surface area contributed by atoms with Crippen LogP contribution >= 0.6 is 11.3 Å². The summed E-state index contributed by atoms with van der Waals surface area (Å²) in [5, 5.41) is 5.00. The number of aromatic nitrogens is 6. The van der Waals surface area contributed by atoms with E-state index in [1.54, 1.807) is 22.3 Å². The number of para-hydroxylation sites is 1. The van der Waals surface area contributed by atoms with Crippen LogP contribution in [0.3, 0.4) is 0 Å². The quantitative estimate of drug-likeness (QED) is 0.590. The van der Waals surface area contributed by atoms with Crippen molar-refractivity contribution in [3.8, 4) is 0 Å². The predicted octanol–water partition coefficient (Wildman–Crippen LogP) is 2.42. The van der Waals surface area contributed by atoms with Gasteiger partial charge >= 0.3 is 0 Å². The average molecular weight is 379 g/mol. The maximum absolute atomic E-state index is 13.3. The van der Waals surface area contributed by atoms with Crippen molar-refractivity contribution < 1.29 is 4.79 Å². The van der Waals surface area contributed by atoms with Crippen LogP contribution < -0.4 is 0 Å². The number of benzene rings is 1. The molecule has 1 atom stereocenters. The van der Waals surface area contributed by atoms with Crippen molar-refractivity contribution in [3.05, 3.63) is 59.1 Å². The van der Waals surface area contributed by atoms with Crippen LogP contribution in [0.1, 0.15) is 40.0 Å². The number of nitrogens with zero attached hydrogens (tertiary/aromatic N) is 6. The van der Waals surface area contributed by atoms with E-state index in [2.05, 4.69) is 20.1 Å². The highest BCUT2D eigenvalue weighted by atomic mass is 32.1. The highest BCUT2D eigenvalue weighted by Gasteiger charge is 2.37. The van der Waals surface area contributed by atoms with Crippen molar-refractivity contribution in [2.24, 2.45) is 0 Å². The summed E-state index contributed by atoms with van der Waals surface area (Å²) in [5.74, 6) is 0.204. The smallest absolute Gasteiger partial charge is 0.292 e. The maximum atomic E-state index is 13.3. The average Bonchev–Trinajstić information content (AvgIpc) is 3.44. The number of hydrogen-bond acceptors (Lipinski definition) is 6. The fourth-order valence-electron chi connectivity index (χ4n) is 3.54. The molecular formula is C18H17N7OS. The molecule has 1 amide bonds. The van der Waals surface area contributed by atoms with Gasteiger partial charge in [0.15, 0.2) is 0 Å². The molecule has 0 spiro atoms. The van der Waals surface area contributed by atoms with E-state index in [9.17, 15) is 4.79 Å². The predicted molar refractivity (Wildman–Crippen MR) is 100 cm³/mol. The zero-order chi connectivity index (χ0) is 18.4. The van der Waals surface area contributed by atoms with Crippen molar-refractivity contribution >= 4 is 27.5 Å². The minimum Gasteiger partial charge on any atom is -0.348 e. The van der Waals surface area contributed by atoms with Gasteiger partial charge in [-0.3, -0.25) is 4.79 Å². The third kappa shape index (κ3) is 2.54. The number of rotatable bonds is 3. The molecule has 3 aromatic heterocycles. The van der Waals surface area contributed by atoms with Crippen molar-refractivity contribution in [2.75, 3.05) is 6.54 Å². The van der Waals surface area contributed by atoms with Gasteiger partial charge in [0, 0.05) is 25.2 Å². The number of fused-ring (bicyclic) bond motifs is 2. The summed E-state index contributed by atoms with van der Waals surface area (Å²) >= 11 is 1.60. The Hall–Kier alpha value is -3.07. The van der Waals surface area contributed by atoms with Gasteiger partial charge in [-0.1, -0.05) is 12.1 Å². The van der Waals surface area contributed by atoms with Crippen molar-refractivity contribution in [1.82, 2.24) is 34.6 Å². The van der Waals surface area contributed by atoms with Crippen LogP contribution in [0.4, 0.5) is 0 Å². The normalized spacial score (nSPS) is 16.6. The summed E-state index contributed by atoms with van der Waals surface area (Å²) < 4.78 is 2.72. The lowest BCUT2D eigenvalue weighted by atomic mass is 10.0. The number of carbonyl (C=O) groups excluding carboxylic acids is 1. The summed E-state index contributed by atoms with van der Waals surface area (Å²) in [7, 11) is 0. The number of amides is 1. The number of carbonyl (C=O) groups is 1. The first-order valence-electron chi connectivity index (χ1n) is 8.82. The van der Waals surface area contributed by atoms with E-state index in [-0.39, 0.29) is 11.9 Å². The Morgan fingerprint density at radius 3 is 3.07 bits per heavy atom. The molecule has 0 bridgehead atoms. The van der Waals surface area contributed by atoms with Crippen LogP contribution in [0.25, 0.3) is 10.2 Å². The second kappa shape index (κ2) is 6.27. The molecule has 0 saturated heterocycles. The van der Waals surface area contributed by atoms with Crippen molar-refractivity contribution in [1.29, 1.82) is 0 Å². The summed E-state index contributed by atoms with van der Waals surface area (Å²) in [6.07, 6.45) is 3.84. The third-order valence-electron chi connectivity index (χ3n) is 4.84. The number of hydrogen-bond donors (Lipinski definition) is 1. The molecule has 27 heavy (non-hydrogen) atoms. The number of thiazole rings is 1. The molecule has 1 aliphatic heterocycles. The third-order valence-corrected chi connectivity index (χ3v) is 5.93. The van der Waals surface area contributed by atoms with Gasteiger partial charge < -0.3 is 9.88 Å². The standard InChI is InChI=1S/C18H17N7OS/c1-2-25-16(21-10-22-25)18(26)24-8-7-12-14(20-9-19-12)15(24)17-23-11-5-3-4-6-13(11)27-17/h3-6,9-10,15H,2,7-8H2,1H3,(H,19,20)/t15-/m0/s1. The minimum atomic E-state index is -0.327. The largest absolute Gasteiger partial charge is 0.348 e. The monoisotopic (exact) mass is 379 g/mol. The van der Waals surface area contributed by atoms with Gasteiger partial charge in [-0.2, -0.15) is 5.10 Å². The lowest BCUT2D eigenvalue weighted by Gasteiger charge is -2.33. The van der Waals surface area contributed by atoms with Crippen LogP contribution in [0.15, 0.2) is 36.9 Å². The zero-order valence-corrected chi connectivity index (χ0v) is 15.5. The van der Waals surface area contributed by atoms with Crippen molar-refractivity contribution in [3.63, 3.8) is 0 Å². The molecule has 136 valence electrons.